The molecular weight excluding hydrogens is 300 g/mol. The van der Waals surface area contributed by atoms with Crippen molar-refractivity contribution in [1.82, 2.24) is 0 Å². The van der Waals surface area contributed by atoms with Gasteiger partial charge in [0, 0.05) is 5.56 Å². The zero-order valence-corrected chi connectivity index (χ0v) is 13.2. The first-order chi connectivity index (χ1) is 11.8. The third-order valence-corrected chi connectivity index (χ3v) is 3.54. The van der Waals surface area contributed by atoms with E-state index in [9.17, 15) is 4.79 Å². The summed E-state index contributed by atoms with van der Waals surface area (Å²) in [6, 6.07) is 26.4. The van der Waals surface area contributed by atoms with Crippen LogP contribution in [0, 0.1) is 0 Å². The lowest BCUT2D eigenvalue weighted by Gasteiger charge is -2.08. The Morgan fingerprint density at radius 1 is 0.667 bits per heavy atom. The second-order valence-corrected chi connectivity index (χ2v) is 5.32. The molecule has 0 heterocycles. The van der Waals surface area contributed by atoms with Crippen LogP contribution in [-0.2, 0) is 6.61 Å². The summed E-state index contributed by atoms with van der Waals surface area (Å²) >= 11 is 0. The minimum atomic E-state index is -0.0417. The quantitative estimate of drug-likeness (QED) is 0.601. The van der Waals surface area contributed by atoms with E-state index < -0.39 is 0 Å². The molecule has 3 aromatic carbocycles. The molecule has 0 spiro atoms. The first kappa shape index (κ1) is 15.8. The average Bonchev–Trinajstić information content (AvgIpc) is 2.67. The molecule has 0 N–H and O–H groups in total. The zero-order chi connectivity index (χ0) is 16.6. The molecule has 24 heavy (non-hydrogen) atoms. The molecule has 0 fully saturated rings. The van der Waals surface area contributed by atoms with Crippen LogP contribution in [-0.4, -0.2) is 12.4 Å². The predicted octanol–water partition coefficient (Wildman–Crippen LogP) is 4.53. The summed E-state index contributed by atoms with van der Waals surface area (Å²) in [6.07, 6.45) is 0. The first-order valence-corrected chi connectivity index (χ1v) is 7.79. The lowest BCUT2D eigenvalue weighted by atomic mass is 10.1. The average molecular weight is 318 g/mol. The van der Waals surface area contributed by atoms with Gasteiger partial charge in [-0.25, -0.2) is 0 Å². The van der Waals surface area contributed by atoms with Gasteiger partial charge in [-0.15, -0.1) is 0 Å². The topological polar surface area (TPSA) is 35.5 Å². The molecule has 0 amide bonds. The van der Waals surface area contributed by atoms with E-state index in [0.717, 1.165) is 11.3 Å². The van der Waals surface area contributed by atoms with Gasteiger partial charge in [-0.3, -0.25) is 4.79 Å². The fourth-order valence-corrected chi connectivity index (χ4v) is 2.23. The fourth-order valence-electron chi connectivity index (χ4n) is 2.23. The summed E-state index contributed by atoms with van der Waals surface area (Å²) in [4.78, 5) is 12.0. The van der Waals surface area contributed by atoms with Crippen LogP contribution < -0.4 is 9.47 Å². The Morgan fingerprint density at radius 2 is 1.21 bits per heavy atom. The molecule has 0 atom stereocenters. The fraction of sp³-hybridized carbons (Fsp3) is 0.0952. The molecule has 3 rings (SSSR count). The monoisotopic (exact) mass is 318 g/mol. The molecule has 120 valence electrons. The molecule has 0 bridgehead atoms. The third-order valence-electron chi connectivity index (χ3n) is 3.54. The molecule has 0 aliphatic rings. The highest BCUT2D eigenvalue weighted by Crippen LogP contribution is 2.19. The largest absolute Gasteiger partial charge is 0.489 e. The Labute approximate surface area is 141 Å². The number of Topliss-reactive ketones (excluding diaryl/α,β-unsaturated/α-hetero) is 1. The van der Waals surface area contributed by atoms with Gasteiger partial charge in [0.25, 0.3) is 0 Å². The summed E-state index contributed by atoms with van der Waals surface area (Å²) in [5.74, 6) is 1.37. The van der Waals surface area contributed by atoms with E-state index in [1.54, 1.807) is 24.3 Å². The Hall–Kier alpha value is -3.07. The highest BCUT2D eigenvalue weighted by molar-refractivity contribution is 5.97. The number of hydrogen-bond acceptors (Lipinski definition) is 3. The molecular formula is C21H18O3. The van der Waals surface area contributed by atoms with Gasteiger partial charge < -0.3 is 9.47 Å². The number of carbonyl (C=O) groups excluding carboxylic acids is 1. The van der Waals surface area contributed by atoms with Crippen molar-refractivity contribution in [1.29, 1.82) is 0 Å². The van der Waals surface area contributed by atoms with Crippen molar-refractivity contribution >= 4 is 5.78 Å². The predicted molar refractivity (Wildman–Crippen MR) is 93.5 cm³/mol. The number of hydrogen-bond donors (Lipinski definition) is 0. The van der Waals surface area contributed by atoms with Crippen molar-refractivity contribution < 1.29 is 14.3 Å². The lowest BCUT2D eigenvalue weighted by Crippen LogP contribution is -2.11. The third kappa shape index (κ3) is 4.46. The molecule has 0 saturated heterocycles. The van der Waals surface area contributed by atoms with Gasteiger partial charge in [0.1, 0.15) is 18.1 Å². The van der Waals surface area contributed by atoms with Crippen LogP contribution in [0.3, 0.4) is 0 Å². The molecule has 3 heteroatoms. The molecule has 3 aromatic rings. The number of rotatable bonds is 7. The number of benzene rings is 3. The van der Waals surface area contributed by atoms with Crippen molar-refractivity contribution in [3.05, 3.63) is 96.1 Å². The Morgan fingerprint density at radius 3 is 1.83 bits per heavy atom. The Bertz CT molecular complexity index is 765. The van der Waals surface area contributed by atoms with Crippen molar-refractivity contribution in [2.24, 2.45) is 0 Å². The summed E-state index contributed by atoms with van der Waals surface area (Å²) in [5.41, 5.74) is 1.77. The van der Waals surface area contributed by atoms with Gasteiger partial charge >= 0.3 is 0 Å². The van der Waals surface area contributed by atoms with E-state index in [4.69, 9.17) is 9.47 Å². The van der Waals surface area contributed by atoms with Gasteiger partial charge in [0.05, 0.1) is 0 Å². The minimum Gasteiger partial charge on any atom is -0.489 e. The molecule has 0 aliphatic heterocycles. The van der Waals surface area contributed by atoms with E-state index in [-0.39, 0.29) is 12.4 Å². The smallest absolute Gasteiger partial charge is 0.200 e. The molecule has 3 nitrogen and oxygen atoms in total. The molecule has 0 saturated carbocycles. The van der Waals surface area contributed by atoms with E-state index in [2.05, 4.69) is 0 Å². The highest BCUT2D eigenvalue weighted by atomic mass is 16.5. The van der Waals surface area contributed by atoms with Crippen LogP contribution in [0.5, 0.6) is 11.5 Å². The normalized spacial score (nSPS) is 10.2. The SMILES string of the molecule is O=C(COc1ccc(OCc2ccccc2)cc1)c1ccccc1. The standard InChI is InChI=1S/C21H18O3/c22-21(18-9-5-2-6-10-18)16-24-20-13-11-19(12-14-20)23-15-17-7-3-1-4-8-17/h1-14H,15-16H2. The van der Waals surface area contributed by atoms with E-state index in [0.29, 0.717) is 17.9 Å². The zero-order valence-electron chi connectivity index (χ0n) is 13.2. The van der Waals surface area contributed by atoms with Crippen molar-refractivity contribution in [3.8, 4) is 11.5 Å². The summed E-state index contributed by atoms with van der Waals surface area (Å²) in [6.45, 7) is 0.543. The number of ketones is 1. The Balaban J connectivity index is 1.50. The first-order valence-electron chi connectivity index (χ1n) is 7.79. The van der Waals surface area contributed by atoms with Gasteiger partial charge in [-0.05, 0) is 29.8 Å². The second-order valence-electron chi connectivity index (χ2n) is 5.32. The van der Waals surface area contributed by atoms with Crippen LogP contribution in [0.25, 0.3) is 0 Å². The summed E-state index contributed by atoms with van der Waals surface area (Å²) in [7, 11) is 0. The van der Waals surface area contributed by atoms with Gasteiger partial charge in [-0.1, -0.05) is 60.7 Å². The Kier molecular flexibility index (Phi) is 5.25. The molecule has 0 radical (unpaired) electrons. The van der Waals surface area contributed by atoms with E-state index in [1.165, 1.54) is 0 Å². The van der Waals surface area contributed by atoms with Crippen LogP contribution in [0.2, 0.25) is 0 Å². The molecule has 0 unspecified atom stereocenters. The molecule has 0 aliphatic carbocycles. The van der Waals surface area contributed by atoms with E-state index >= 15 is 0 Å². The lowest BCUT2D eigenvalue weighted by molar-refractivity contribution is 0.0921. The van der Waals surface area contributed by atoms with Gasteiger partial charge in [0.15, 0.2) is 12.4 Å². The maximum atomic E-state index is 12.0. The second kappa shape index (κ2) is 7.97. The van der Waals surface area contributed by atoms with Gasteiger partial charge in [0.2, 0.25) is 0 Å². The van der Waals surface area contributed by atoms with Crippen LogP contribution >= 0.6 is 0 Å². The summed E-state index contributed by atoms with van der Waals surface area (Å²) in [5, 5.41) is 0. The summed E-state index contributed by atoms with van der Waals surface area (Å²) < 4.78 is 11.3. The van der Waals surface area contributed by atoms with Crippen LogP contribution in [0.1, 0.15) is 15.9 Å². The van der Waals surface area contributed by atoms with Crippen LogP contribution in [0.15, 0.2) is 84.9 Å². The number of carbonyl (C=O) groups is 1. The maximum Gasteiger partial charge on any atom is 0.200 e. The van der Waals surface area contributed by atoms with Crippen molar-refractivity contribution in [3.63, 3.8) is 0 Å². The van der Waals surface area contributed by atoms with Gasteiger partial charge in [-0.2, -0.15) is 0 Å². The van der Waals surface area contributed by atoms with Crippen LogP contribution in [0.4, 0.5) is 0 Å². The number of ether oxygens (including phenoxy) is 2. The highest BCUT2D eigenvalue weighted by Gasteiger charge is 2.06. The minimum absolute atomic E-state index is 0.0221. The maximum absolute atomic E-state index is 12.0. The molecule has 0 aromatic heterocycles. The van der Waals surface area contributed by atoms with Crippen molar-refractivity contribution in [2.75, 3.05) is 6.61 Å². The van der Waals surface area contributed by atoms with Crippen molar-refractivity contribution in [2.45, 2.75) is 6.61 Å². The van der Waals surface area contributed by atoms with E-state index in [1.807, 2.05) is 60.7 Å².